The Morgan fingerprint density at radius 1 is 1.64 bits per heavy atom. The summed E-state index contributed by atoms with van der Waals surface area (Å²) in [5, 5.41) is 12.6. The zero-order chi connectivity index (χ0) is 10.4. The summed E-state index contributed by atoms with van der Waals surface area (Å²) in [5.74, 6) is 0. The van der Waals surface area contributed by atoms with Crippen LogP contribution in [0, 0.1) is 11.3 Å². The molecule has 0 aromatic heterocycles. The summed E-state index contributed by atoms with van der Waals surface area (Å²) in [6, 6.07) is 2.76. The van der Waals surface area contributed by atoms with Gasteiger partial charge in [-0.1, -0.05) is 6.92 Å². The molecule has 4 heteroatoms. The summed E-state index contributed by atoms with van der Waals surface area (Å²) in [4.78, 5) is 2.16. The maximum absolute atomic E-state index is 8.53. The minimum atomic E-state index is 0.560. The second kappa shape index (κ2) is 5.82. The molecule has 0 aromatic carbocycles. The van der Waals surface area contributed by atoms with Crippen molar-refractivity contribution in [1.82, 2.24) is 10.2 Å². The van der Waals surface area contributed by atoms with Crippen LogP contribution >= 0.6 is 12.2 Å². The van der Waals surface area contributed by atoms with Crippen LogP contribution in [0.1, 0.15) is 32.6 Å². The lowest BCUT2D eigenvalue weighted by molar-refractivity contribution is 0.411. The first-order valence-electron chi connectivity index (χ1n) is 5.21. The molecule has 0 amide bonds. The smallest absolute Gasteiger partial charge is 0.169 e. The maximum Gasteiger partial charge on any atom is 0.169 e. The molecule has 1 N–H and O–H groups in total. The van der Waals surface area contributed by atoms with Gasteiger partial charge in [0.15, 0.2) is 5.11 Å². The Kier molecular flexibility index (Phi) is 4.68. The summed E-state index contributed by atoms with van der Waals surface area (Å²) >= 11 is 5.28. The zero-order valence-electron chi connectivity index (χ0n) is 8.62. The van der Waals surface area contributed by atoms with Gasteiger partial charge in [0.2, 0.25) is 0 Å². The van der Waals surface area contributed by atoms with Gasteiger partial charge in [-0.15, -0.1) is 0 Å². The quantitative estimate of drug-likeness (QED) is 0.702. The molecule has 0 bridgehead atoms. The molecule has 0 atom stereocenters. The minimum Gasteiger partial charge on any atom is -0.363 e. The molecule has 14 heavy (non-hydrogen) atoms. The van der Waals surface area contributed by atoms with Crippen molar-refractivity contribution in [1.29, 1.82) is 5.26 Å². The molecule has 0 heterocycles. The molecule has 1 fully saturated rings. The van der Waals surface area contributed by atoms with E-state index in [1.807, 2.05) is 0 Å². The highest BCUT2D eigenvalue weighted by molar-refractivity contribution is 7.80. The van der Waals surface area contributed by atoms with Gasteiger partial charge in [0, 0.05) is 19.1 Å². The number of rotatable bonds is 5. The predicted octanol–water partition coefficient (Wildman–Crippen LogP) is 1.65. The summed E-state index contributed by atoms with van der Waals surface area (Å²) in [5.41, 5.74) is 0. The van der Waals surface area contributed by atoms with Gasteiger partial charge >= 0.3 is 0 Å². The second-order valence-electron chi connectivity index (χ2n) is 3.56. The van der Waals surface area contributed by atoms with Crippen molar-refractivity contribution in [3.63, 3.8) is 0 Å². The lowest BCUT2D eigenvalue weighted by Crippen LogP contribution is -2.41. The zero-order valence-corrected chi connectivity index (χ0v) is 9.44. The number of thiocarbonyl (C=S) groups is 1. The highest BCUT2D eigenvalue weighted by atomic mass is 32.1. The van der Waals surface area contributed by atoms with E-state index in [-0.39, 0.29) is 0 Å². The van der Waals surface area contributed by atoms with E-state index in [0.29, 0.717) is 12.5 Å². The largest absolute Gasteiger partial charge is 0.363 e. The van der Waals surface area contributed by atoms with Crippen LogP contribution in [0.3, 0.4) is 0 Å². The molecule has 0 aromatic rings. The molecule has 78 valence electrons. The van der Waals surface area contributed by atoms with Crippen molar-refractivity contribution in [3.05, 3.63) is 0 Å². The molecule has 1 aliphatic rings. The summed E-state index contributed by atoms with van der Waals surface area (Å²) in [7, 11) is 0. The van der Waals surface area contributed by atoms with E-state index in [4.69, 9.17) is 17.5 Å². The molecule has 1 aliphatic carbocycles. The van der Waals surface area contributed by atoms with E-state index in [1.165, 1.54) is 12.8 Å². The van der Waals surface area contributed by atoms with E-state index in [0.717, 1.165) is 24.6 Å². The lowest BCUT2D eigenvalue weighted by Gasteiger charge is -2.24. The van der Waals surface area contributed by atoms with Crippen LogP contribution in [-0.2, 0) is 0 Å². The first-order valence-corrected chi connectivity index (χ1v) is 5.61. The standard InChI is InChI=1S/C10H17N3S/c1-2-7-12-10(14)13(8-3-6-11)9-4-5-9/h9H,2-5,7-8H2,1H3,(H,12,14). The van der Waals surface area contributed by atoms with Crippen LogP contribution in [0.25, 0.3) is 0 Å². The first-order chi connectivity index (χ1) is 6.79. The molecule has 0 radical (unpaired) electrons. The molecule has 0 aliphatic heterocycles. The van der Waals surface area contributed by atoms with Gasteiger partial charge in [-0.2, -0.15) is 5.26 Å². The SMILES string of the molecule is CCCNC(=S)N(CCC#N)C1CC1. The van der Waals surface area contributed by atoms with Gasteiger partial charge in [0.25, 0.3) is 0 Å². The van der Waals surface area contributed by atoms with E-state index < -0.39 is 0 Å². The van der Waals surface area contributed by atoms with Gasteiger partial charge in [0.1, 0.15) is 0 Å². The summed E-state index contributed by atoms with van der Waals surface area (Å²) < 4.78 is 0. The van der Waals surface area contributed by atoms with Crippen LogP contribution < -0.4 is 5.32 Å². The van der Waals surface area contributed by atoms with Gasteiger partial charge in [-0.3, -0.25) is 0 Å². The summed E-state index contributed by atoms with van der Waals surface area (Å²) in [6.45, 7) is 3.82. The van der Waals surface area contributed by atoms with Crippen molar-refractivity contribution in [2.24, 2.45) is 0 Å². The number of nitriles is 1. The number of nitrogens with zero attached hydrogens (tertiary/aromatic N) is 2. The van der Waals surface area contributed by atoms with Crippen LogP contribution in [0.2, 0.25) is 0 Å². The Hall–Kier alpha value is -0.820. The molecule has 1 saturated carbocycles. The molecule has 1 rings (SSSR count). The number of hydrogen-bond acceptors (Lipinski definition) is 2. The van der Waals surface area contributed by atoms with Gasteiger partial charge in [0.05, 0.1) is 12.5 Å². The lowest BCUT2D eigenvalue weighted by atomic mass is 10.4. The highest BCUT2D eigenvalue weighted by Crippen LogP contribution is 2.26. The van der Waals surface area contributed by atoms with Crippen molar-refractivity contribution in [2.45, 2.75) is 38.6 Å². The van der Waals surface area contributed by atoms with Crippen molar-refractivity contribution < 1.29 is 0 Å². The molecule has 3 nitrogen and oxygen atoms in total. The molecular weight excluding hydrogens is 194 g/mol. The fourth-order valence-electron chi connectivity index (χ4n) is 1.34. The minimum absolute atomic E-state index is 0.560. The Morgan fingerprint density at radius 3 is 2.86 bits per heavy atom. The molecular formula is C10H17N3S. The maximum atomic E-state index is 8.53. The fraction of sp³-hybridized carbons (Fsp3) is 0.800. The van der Waals surface area contributed by atoms with Gasteiger partial charge < -0.3 is 10.2 Å². The van der Waals surface area contributed by atoms with Crippen LogP contribution in [0.4, 0.5) is 0 Å². The van der Waals surface area contributed by atoms with E-state index >= 15 is 0 Å². The number of hydrogen-bond donors (Lipinski definition) is 1. The Morgan fingerprint density at radius 2 is 2.36 bits per heavy atom. The monoisotopic (exact) mass is 211 g/mol. The Labute approximate surface area is 91.1 Å². The third kappa shape index (κ3) is 3.51. The third-order valence-corrected chi connectivity index (χ3v) is 2.62. The van der Waals surface area contributed by atoms with Crippen LogP contribution in [0.5, 0.6) is 0 Å². The van der Waals surface area contributed by atoms with Crippen molar-refractivity contribution >= 4 is 17.3 Å². The van der Waals surface area contributed by atoms with E-state index in [2.05, 4.69) is 23.2 Å². The molecule has 0 unspecified atom stereocenters. The summed E-state index contributed by atoms with van der Waals surface area (Å²) in [6.07, 6.45) is 4.08. The molecule has 0 saturated heterocycles. The fourth-order valence-corrected chi connectivity index (χ4v) is 1.68. The van der Waals surface area contributed by atoms with E-state index in [1.54, 1.807) is 0 Å². The van der Waals surface area contributed by atoms with Crippen molar-refractivity contribution in [2.75, 3.05) is 13.1 Å². The van der Waals surface area contributed by atoms with Crippen molar-refractivity contribution in [3.8, 4) is 6.07 Å². The predicted molar refractivity (Wildman–Crippen MR) is 60.8 cm³/mol. The van der Waals surface area contributed by atoms with Crippen LogP contribution in [0.15, 0.2) is 0 Å². The average Bonchev–Trinajstić information content (AvgIpc) is 2.99. The Balaban J connectivity index is 2.33. The third-order valence-electron chi connectivity index (χ3n) is 2.24. The van der Waals surface area contributed by atoms with Crippen LogP contribution in [-0.4, -0.2) is 29.1 Å². The Bertz CT molecular complexity index is 230. The normalized spacial score (nSPS) is 14.6. The van der Waals surface area contributed by atoms with E-state index in [9.17, 15) is 0 Å². The second-order valence-corrected chi connectivity index (χ2v) is 3.95. The van der Waals surface area contributed by atoms with Gasteiger partial charge in [-0.05, 0) is 31.5 Å². The number of nitrogens with one attached hydrogen (secondary N) is 1. The molecule has 0 spiro atoms. The topological polar surface area (TPSA) is 39.1 Å². The highest BCUT2D eigenvalue weighted by Gasteiger charge is 2.30. The average molecular weight is 211 g/mol. The van der Waals surface area contributed by atoms with Gasteiger partial charge in [-0.25, -0.2) is 0 Å². The first kappa shape index (κ1) is 11.3.